The van der Waals surface area contributed by atoms with Gasteiger partial charge in [-0.2, -0.15) is 5.10 Å². The Bertz CT molecular complexity index is 770. The normalized spacial score (nSPS) is 17.1. The minimum Gasteiger partial charge on any atom is -0.352 e. The van der Waals surface area contributed by atoms with Gasteiger partial charge >= 0.3 is 0 Å². The molecule has 0 radical (unpaired) electrons. The van der Waals surface area contributed by atoms with E-state index in [9.17, 15) is 4.79 Å². The number of carbonyl (C=O) groups is 1. The number of rotatable bonds is 4. The molecule has 0 bridgehead atoms. The van der Waals surface area contributed by atoms with Crippen LogP contribution in [0.15, 0.2) is 6.20 Å². The van der Waals surface area contributed by atoms with Crippen LogP contribution in [0.3, 0.4) is 0 Å². The molecule has 26 heavy (non-hydrogen) atoms. The fourth-order valence-electron chi connectivity index (χ4n) is 3.20. The number of nitrogens with zero attached hydrogens (tertiary/aromatic N) is 6. The van der Waals surface area contributed by atoms with Crippen molar-refractivity contribution in [3.05, 3.63) is 12.0 Å². The van der Waals surface area contributed by atoms with Gasteiger partial charge in [-0.1, -0.05) is 20.3 Å². The van der Waals surface area contributed by atoms with E-state index in [1.807, 2.05) is 25.8 Å². The van der Waals surface area contributed by atoms with Gasteiger partial charge < -0.3 is 15.5 Å². The molecule has 2 unspecified atom stereocenters. The number of hydrogen-bond acceptors (Lipinski definition) is 6. The third-order valence-electron chi connectivity index (χ3n) is 5.12. The molecule has 2 atom stereocenters. The number of aryl methyl sites for hydroxylation is 2. The highest BCUT2D eigenvalue weighted by atomic mass is 35.5. The maximum absolute atomic E-state index is 12.6. The van der Waals surface area contributed by atoms with Crippen molar-refractivity contribution in [3.8, 4) is 0 Å². The highest BCUT2D eigenvalue weighted by Gasteiger charge is 2.29. The van der Waals surface area contributed by atoms with Crippen molar-refractivity contribution in [2.45, 2.75) is 33.2 Å². The summed E-state index contributed by atoms with van der Waals surface area (Å²) in [5.74, 6) is 1.88. The number of carbonyl (C=O) groups excluding carboxylic acids is 1. The predicted molar refractivity (Wildman–Crippen MR) is 105 cm³/mol. The summed E-state index contributed by atoms with van der Waals surface area (Å²) >= 11 is 0. The largest absolute Gasteiger partial charge is 0.352 e. The maximum atomic E-state index is 12.6. The van der Waals surface area contributed by atoms with E-state index < -0.39 is 6.04 Å². The zero-order chi connectivity index (χ0) is 18.1. The summed E-state index contributed by atoms with van der Waals surface area (Å²) in [6.45, 7) is 8.77. The maximum Gasteiger partial charge on any atom is 0.239 e. The second-order valence-corrected chi connectivity index (χ2v) is 6.82. The zero-order valence-electron chi connectivity index (χ0n) is 15.8. The molecule has 144 valence electrons. The zero-order valence-corrected chi connectivity index (χ0v) is 16.7. The van der Waals surface area contributed by atoms with Gasteiger partial charge in [-0.3, -0.25) is 9.48 Å². The standard InChI is InChI=1S/C17H27N7O.ClH/c1-5-11(2)14(18)17(25)24-8-6-23(7-9-24)16-13-10-19-22(4)15(13)20-12(3)21-16;/h10-11,14H,5-9,18H2,1-4H3;1H. The van der Waals surface area contributed by atoms with Crippen LogP contribution in [-0.2, 0) is 11.8 Å². The lowest BCUT2D eigenvalue weighted by Crippen LogP contribution is -2.54. The summed E-state index contributed by atoms with van der Waals surface area (Å²) in [6.07, 6.45) is 2.71. The number of aromatic nitrogens is 4. The van der Waals surface area contributed by atoms with Gasteiger partial charge in [-0.05, 0) is 12.8 Å². The van der Waals surface area contributed by atoms with Crippen LogP contribution in [0.25, 0.3) is 11.0 Å². The summed E-state index contributed by atoms with van der Waals surface area (Å²) in [6, 6.07) is -0.414. The molecule has 2 aromatic rings. The molecule has 0 aromatic carbocycles. The van der Waals surface area contributed by atoms with Crippen LogP contribution in [0, 0.1) is 12.8 Å². The minimum absolute atomic E-state index is 0. The highest BCUT2D eigenvalue weighted by Crippen LogP contribution is 2.24. The number of hydrogen-bond donors (Lipinski definition) is 1. The van der Waals surface area contributed by atoms with Gasteiger partial charge in [0.1, 0.15) is 11.6 Å². The van der Waals surface area contributed by atoms with Gasteiger partial charge in [0.25, 0.3) is 0 Å². The van der Waals surface area contributed by atoms with Gasteiger partial charge in [-0.25, -0.2) is 9.97 Å². The summed E-state index contributed by atoms with van der Waals surface area (Å²) in [5.41, 5.74) is 6.94. The Morgan fingerprint density at radius 2 is 1.92 bits per heavy atom. The first-order valence-electron chi connectivity index (χ1n) is 8.88. The van der Waals surface area contributed by atoms with E-state index in [1.165, 1.54) is 0 Å². The van der Waals surface area contributed by atoms with Crippen LogP contribution in [0.1, 0.15) is 26.1 Å². The predicted octanol–water partition coefficient (Wildman–Crippen LogP) is 1.12. The smallest absolute Gasteiger partial charge is 0.239 e. The molecule has 1 fully saturated rings. The van der Waals surface area contributed by atoms with E-state index in [0.29, 0.717) is 13.1 Å². The minimum atomic E-state index is -0.414. The van der Waals surface area contributed by atoms with Crippen molar-refractivity contribution in [2.24, 2.45) is 18.7 Å². The Kier molecular flexibility index (Phi) is 6.41. The summed E-state index contributed by atoms with van der Waals surface area (Å²) in [7, 11) is 1.88. The quantitative estimate of drug-likeness (QED) is 0.852. The Balaban J connectivity index is 0.00000243. The van der Waals surface area contributed by atoms with E-state index >= 15 is 0 Å². The molecule has 1 aliphatic rings. The number of halogens is 1. The third kappa shape index (κ3) is 3.76. The third-order valence-corrected chi connectivity index (χ3v) is 5.12. The number of amides is 1. The fraction of sp³-hybridized carbons (Fsp3) is 0.647. The number of fused-ring (bicyclic) bond motifs is 1. The van der Waals surface area contributed by atoms with Gasteiger partial charge in [0.15, 0.2) is 5.65 Å². The van der Waals surface area contributed by atoms with Crippen LogP contribution < -0.4 is 10.6 Å². The molecular formula is C17H28ClN7O. The van der Waals surface area contributed by atoms with Gasteiger partial charge in [0.05, 0.1) is 17.6 Å². The highest BCUT2D eigenvalue weighted by molar-refractivity contribution is 5.87. The summed E-state index contributed by atoms with van der Waals surface area (Å²) < 4.78 is 1.76. The van der Waals surface area contributed by atoms with Crippen molar-refractivity contribution in [1.29, 1.82) is 0 Å². The second kappa shape index (κ2) is 8.18. The van der Waals surface area contributed by atoms with Crippen LogP contribution >= 0.6 is 12.4 Å². The molecule has 2 aromatic heterocycles. The molecule has 1 saturated heterocycles. The average molecular weight is 382 g/mol. The lowest BCUT2D eigenvalue weighted by molar-refractivity contribution is -0.134. The van der Waals surface area contributed by atoms with Gasteiger partial charge in [0, 0.05) is 33.2 Å². The molecule has 0 saturated carbocycles. The first-order valence-corrected chi connectivity index (χ1v) is 8.88. The first kappa shape index (κ1) is 20.4. The Labute approximate surface area is 160 Å². The van der Waals surface area contributed by atoms with E-state index in [2.05, 4.69) is 26.9 Å². The van der Waals surface area contributed by atoms with Crippen LogP contribution in [0.4, 0.5) is 5.82 Å². The van der Waals surface area contributed by atoms with E-state index in [1.54, 1.807) is 10.9 Å². The van der Waals surface area contributed by atoms with Gasteiger partial charge in [0.2, 0.25) is 5.91 Å². The average Bonchev–Trinajstić information content (AvgIpc) is 3.00. The monoisotopic (exact) mass is 381 g/mol. The summed E-state index contributed by atoms with van der Waals surface area (Å²) in [5, 5.41) is 5.24. The van der Waals surface area contributed by atoms with Crippen molar-refractivity contribution >= 4 is 35.2 Å². The van der Waals surface area contributed by atoms with Crippen LogP contribution in [0.5, 0.6) is 0 Å². The van der Waals surface area contributed by atoms with Crippen molar-refractivity contribution in [3.63, 3.8) is 0 Å². The SMILES string of the molecule is CCC(C)C(N)C(=O)N1CCN(c2nc(C)nc3c2cnn3C)CC1.Cl. The number of piperazine rings is 1. The molecule has 9 heteroatoms. The molecule has 2 N–H and O–H groups in total. The van der Waals surface area contributed by atoms with Crippen molar-refractivity contribution in [2.75, 3.05) is 31.1 Å². The van der Waals surface area contributed by atoms with Gasteiger partial charge in [-0.15, -0.1) is 12.4 Å². The fourth-order valence-corrected chi connectivity index (χ4v) is 3.20. The van der Waals surface area contributed by atoms with Crippen LogP contribution in [0.2, 0.25) is 0 Å². The molecule has 1 aliphatic heterocycles. The first-order chi connectivity index (χ1) is 11.9. The van der Waals surface area contributed by atoms with Crippen LogP contribution in [-0.4, -0.2) is 62.8 Å². The number of nitrogens with two attached hydrogens (primary N) is 1. The Morgan fingerprint density at radius 1 is 1.27 bits per heavy atom. The van der Waals surface area contributed by atoms with Crippen molar-refractivity contribution < 1.29 is 4.79 Å². The lowest BCUT2D eigenvalue weighted by Gasteiger charge is -2.37. The van der Waals surface area contributed by atoms with E-state index in [4.69, 9.17) is 5.73 Å². The molecule has 3 rings (SSSR count). The van der Waals surface area contributed by atoms with Crippen molar-refractivity contribution in [1.82, 2.24) is 24.6 Å². The molecular weight excluding hydrogens is 354 g/mol. The molecule has 8 nitrogen and oxygen atoms in total. The molecule has 0 spiro atoms. The Morgan fingerprint density at radius 3 is 2.54 bits per heavy atom. The Hall–Kier alpha value is -1.93. The lowest BCUT2D eigenvalue weighted by atomic mass is 9.98. The number of anilines is 1. The molecule has 3 heterocycles. The molecule has 0 aliphatic carbocycles. The second-order valence-electron chi connectivity index (χ2n) is 6.82. The van der Waals surface area contributed by atoms with E-state index in [-0.39, 0.29) is 24.2 Å². The topological polar surface area (TPSA) is 93.2 Å². The molecule has 1 amide bonds. The summed E-state index contributed by atoms with van der Waals surface area (Å²) in [4.78, 5) is 25.7. The van der Waals surface area contributed by atoms with E-state index in [0.717, 1.165) is 42.2 Å².